The molecule has 0 bridgehead atoms. The number of hydrogen-bond acceptors (Lipinski definition) is 3. The molecule has 0 saturated heterocycles. The lowest BCUT2D eigenvalue weighted by Crippen LogP contribution is -2.18. The Kier molecular flexibility index (Phi) is 4.55. The summed E-state index contributed by atoms with van der Waals surface area (Å²) >= 11 is 0. The van der Waals surface area contributed by atoms with Crippen LogP contribution in [0, 0.1) is 5.82 Å². The molecule has 0 saturated carbocycles. The van der Waals surface area contributed by atoms with Crippen molar-refractivity contribution in [3.63, 3.8) is 0 Å². The van der Waals surface area contributed by atoms with E-state index >= 15 is 0 Å². The van der Waals surface area contributed by atoms with Gasteiger partial charge in [-0.25, -0.2) is 9.18 Å². The second kappa shape index (κ2) is 6.25. The van der Waals surface area contributed by atoms with Gasteiger partial charge in [0, 0.05) is 16.7 Å². The van der Waals surface area contributed by atoms with Crippen LogP contribution in [0.15, 0.2) is 42.5 Å². The second-order valence-electron chi connectivity index (χ2n) is 4.49. The Hall–Kier alpha value is -2.61. The standard InChI is InChI=1S/C15H10F4O4/c16-10-6-3-5-9(13(20)14(21)22)12(10)8-4-1-2-7-11(8)23-15(17,18)19/h1-7,13,20H,(H,21,22). The predicted molar refractivity (Wildman–Crippen MR) is 71.1 cm³/mol. The van der Waals surface area contributed by atoms with E-state index in [-0.39, 0.29) is 11.1 Å². The Morgan fingerprint density at radius 1 is 1.09 bits per heavy atom. The molecule has 0 spiro atoms. The minimum Gasteiger partial charge on any atom is -0.479 e. The van der Waals surface area contributed by atoms with E-state index in [1.54, 1.807) is 0 Å². The lowest BCUT2D eigenvalue weighted by atomic mass is 9.95. The highest BCUT2D eigenvalue weighted by Crippen LogP contribution is 2.38. The van der Waals surface area contributed by atoms with Crippen LogP contribution in [-0.2, 0) is 4.79 Å². The maximum Gasteiger partial charge on any atom is 0.573 e. The van der Waals surface area contributed by atoms with Gasteiger partial charge in [0.2, 0.25) is 0 Å². The van der Waals surface area contributed by atoms with Crippen molar-refractivity contribution in [1.82, 2.24) is 0 Å². The summed E-state index contributed by atoms with van der Waals surface area (Å²) in [4.78, 5) is 10.9. The Labute approximate surface area is 127 Å². The van der Waals surface area contributed by atoms with E-state index in [1.807, 2.05) is 0 Å². The fourth-order valence-electron chi connectivity index (χ4n) is 2.07. The molecule has 0 aliphatic carbocycles. The van der Waals surface area contributed by atoms with Gasteiger partial charge >= 0.3 is 12.3 Å². The van der Waals surface area contributed by atoms with Gasteiger partial charge in [0.05, 0.1) is 0 Å². The Morgan fingerprint density at radius 2 is 1.74 bits per heavy atom. The zero-order valence-electron chi connectivity index (χ0n) is 11.3. The number of benzene rings is 2. The molecule has 0 radical (unpaired) electrons. The van der Waals surface area contributed by atoms with Crippen LogP contribution in [0.2, 0.25) is 0 Å². The number of aliphatic hydroxyl groups excluding tert-OH is 1. The molecule has 0 aliphatic heterocycles. The van der Waals surface area contributed by atoms with Gasteiger partial charge in [-0.2, -0.15) is 0 Å². The highest BCUT2D eigenvalue weighted by Gasteiger charge is 2.33. The average Bonchev–Trinajstić information content (AvgIpc) is 2.45. The minimum absolute atomic E-state index is 0.321. The molecule has 122 valence electrons. The summed E-state index contributed by atoms with van der Waals surface area (Å²) in [5.41, 5.74) is -1.17. The number of carboxylic acid groups (broad SMARTS) is 1. The average molecular weight is 330 g/mol. The zero-order chi connectivity index (χ0) is 17.2. The Morgan fingerprint density at radius 3 is 2.35 bits per heavy atom. The van der Waals surface area contributed by atoms with Crippen LogP contribution in [0.25, 0.3) is 11.1 Å². The molecule has 0 aliphatic rings. The van der Waals surface area contributed by atoms with E-state index in [0.717, 1.165) is 30.3 Å². The molecule has 23 heavy (non-hydrogen) atoms. The molecular formula is C15H10F4O4. The van der Waals surface area contributed by atoms with Crippen molar-refractivity contribution < 1.29 is 37.3 Å². The normalized spacial score (nSPS) is 12.7. The summed E-state index contributed by atoms with van der Waals surface area (Å²) in [6.07, 6.45) is -7.10. The minimum atomic E-state index is -5.01. The van der Waals surface area contributed by atoms with Crippen molar-refractivity contribution in [2.24, 2.45) is 0 Å². The maximum atomic E-state index is 14.1. The second-order valence-corrected chi connectivity index (χ2v) is 4.49. The number of aliphatic carboxylic acids is 1. The molecule has 0 aromatic heterocycles. The first-order valence-corrected chi connectivity index (χ1v) is 6.25. The van der Waals surface area contributed by atoms with Crippen LogP contribution in [-0.4, -0.2) is 22.5 Å². The molecular weight excluding hydrogens is 320 g/mol. The number of halogens is 4. The molecule has 2 N–H and O–H groups in total. The smallest absolute Gasteiger partial charge is 0.479 e. The number of rotatable bonds is 4. The molecule has 1 unspecified atom stereocenters. The number of carbonyl (C=O) groups is 1. The summed E-state index contributed by atoms with van der Waals surface area (Å²) < 4.78 is 55.4. The number of aliphatic hydroxyl groups is 1. The quantitative estimate of drug-likeness (QED) is 0.842. The maximum absolute atomic E-state index is 14.1. The van der Waals surface area contributed by atoms with Crippen LogP contribution >= 0.6 is 0 Å². The number of carboxylic acids is 1. The van der Waals surface area contributed by atoms with E-state index < -0.39 is 35.6 Å². The number of ether oxygens (including phenoxy) is 1. The molecule has 4 nitrogen and oxygen atoms in total. The summed E-state index contributed by atoms with van der Waals surface area (Å²) in [5, 5.41) is 18.5. The third-order valence-corrected chi connectivity index (χ3v) is 2.96. The SMILES string of the molecule is O=C(O)C(O)c1cccc(F)c1-c1ccccc1OC(F)(F)F. The highest BCUT2D eigenvalue weighted by atomic mass is 19.4. The predicted octanol–water partition coefficient (Wildman–Crippen LogP) is 3.51. The molecule has 2 rings (SSSR count). The number of para-hydroxylation sites is 1. The van der Waals surface area contributed by atoms with E-state index in [9.17, 15) is 27.5 Å². The van der Waals surface area contributed by atoms with Gasteiger partial charge in [-0.1, -0.05) is 30.3 Å². The third kappa shape index (κ3) is 3.78. The first-order chi connectivity index (χ1) is 10.7. The van der Waals surface area contributed by atoms with Crippen molar-refractivity contribution in [2.45, 2.75) is 12.5 Å². The fourth-order valence-corrected chi connectivity index (χ4v) is 2.07. The molecule has 2 aromatic carbocycles. The van der Waals surface area contributed by atoms with Gasteiger partial charge in [-0.3, -0.25) is 0 Å². The van der Waals surface area contributed by atoms with Crippen LogP contribution in [0.1, 0.15) is 11.7 Å². The van der Waals surface area contributed by atoms with Crippen LogP contribution in [0.3, 0.4) is 0 Å². The van der Waals surface area contributed by atoms with Gasteiger partial charge in [-0.05, 0) is 12.1 Å². The lowest BCUT2D eigenvalue weighted by molar-refractivity contribution is -0.274. The molecule has 0 amide bonds. The van der Waals surface area contributed by atoms with Crippen LogP contribution < -0.4 is 4.74 Å². The monoisotopic (exact) mass is 330 g/mol. The van der Waals surface area contributed by atoms with Gasteiger partial charge in [-0.15, -0.1) is 13.2 Å². The Bertz CT molecular complexity index is 728. The molecule has 0 heterocycles. The van der Waals surface area contributed by atoms with E-state index in [0.29, 0.717) is 0 Å². The third-order valence-electron chi connectivity index (χ3n) is 2.96. The first kappa shape index (κ1) is 16.8. The molecule has 2 aromatic rings. The van der Waals surface area contributed by atoms with Gasteiger partial charge in [0.1, 0.15) is 11.6 Å². The fraction of sp³-hybridized carbons (Fsp3) is 0.133. The van der Waals surface area contributed by atoms with E-state index in [4.69, 9.17) is 5.11 Å². The number of hydrogen-bond donors (Lipinski definition) is 2. The van der Waals surface area contributed by atoms with E-state index in [1.165, 1.54) is 12.1 Å². The summed E-state index contributed by atoms with van der Waals surface area (Å²) in [7, 11) is 0. The van der Waals surface area contributed by atoms with Gasteiger partial charge in [0.25, 0.3) is 0 Å². The summed E-state index contributed by atoms with van der Waals surface area (Å²) in [6.45, 7) is 0. The van der Waals surface area contributed by atoms with Crippen LogP contribution in [0.4, 0.5) is 17.6 Å². The summed E-state index contributed by atoms with van der Waals surface area (Å²) in [5.74, 6) is -3.35. The highest BCUT2D eigenvalue weighted by molar-refractivity contribution is 5.81. The van der Waals surface area contributed by atoms with Crippen molar-refractivity contribution in [3.8, 4) is 16.9 Å². The zero-order valence-corrected chi connectivity index (χ0v) is 11.3. The van der Waals surface area contributed by atoms with Gasteiger partial charge < -0.3 is 14.9 Å². The van der Waals surface area contributed by atoms with E-state index in [2.05, 4.69) is 4.74 Å². The summed E-state index contributed by atoms with van der Waals surface area (Å²) in [6, 6.07) is 7.89. The molecule has 1 atom stereocenters. The van der Waals surface area contributed by atoms with Gasteiger partial charge in [0.15, 0.2) is 6.10 Å². The van der Waals surface area contributed by atoms with Crippen LogP contribution in [0.5, 0.6) is 5.75 Å². The van der Waals surface area contributed by atoms with Crippen molar-refractivity contribution in [2.75, 3.05) is 0 Å². The largest absolute Gasteiger partial charge is 0.573 e. The number of alkyl halides is 3. The lowest BCUT2D eigenvalue weighted by Gasteiger charge is -2.17. The molecule has 8 heteroatoms. The first-order valence-electron chi connectivity index (χ1n) is 6.25. The topological polar surface area (TPSA) is 66.8 Å². The van der Waals surface area contributed by atoms with Crippen molar-refractivity contribution in [3.05, 3.63) is 53.8 Å². The Balaban J connectivity index is 2.66. The van der Waals surface area contributed by atoms with Crippen molar-refractivity contribution in [1.29, 1.82) is 0 Å². The molecule has 0 fully saturated rings. The van der Waals surface area contributed by atoms with Crippen molar-refractivity contribution >= 4 is 5.97 Å².